The van der Waals surface area contributed by atoms with Gasteiger partial charge in [-0.2, -0.15) is 0 Å². The molecule has 2 fully saturated rings. The molecule has 0 N–H and O–H groups in total. The van der Waals surface area contributed by atoms with Crippen LogP contribution in [0.1, 0.15) is 33.1 Å². The fourth-order valence-electron chi connectivity index (χ4n) is 3.12. The van der Waals surface area contributed by atoms with Crippen LogP contribution in [0.3, 0.4) is 0 Å². The van der Waals surface area contributed by atoms with Gasteiger partial charge in [0.25, 0.3) is 0 Å². The molecule has 5 unspecified atom stereocenters. The minimum atomic E-state index is -0.729. The first-order chi connectivity index (χ1) is 10.0. The summed E-state index contributed by atoms with van der Waals surface area (Å²) in [6, 6.07) is 0. The number of hydrogen-bond acceptors (Lipinski definition) is 6. The van der Waals surface area contributed by atoms with Gasteiger partial charge in [0.05, 0.1) is 0 Å². The number of rotatable bonds is 5. The SMILES string of the molecule is CC1CCC(CC(=O)OCC2COC(=O)O2)C(C=O)C1C. The van der Waals surface area contributed by atoms with Gasteiger partial charge < -0.3 is 19.0 Å². The highest BCUT2D eigenvalue weighted by Gasteiger charge is 2.36. The van der Waals surface area contributed by atoms with E-state index in [-0.39, 0.29) is 37.4 Å². The first-order valence-corrected chi connectivity index (χ1v) is 7.45. The van der Waals surface area contributed by atoms with Gasteiger partial charge in [0.15, 0.2) is 6.10 Å². The third-order valence-electron chi connectivity index (χ3n) is 4.71. The molecule has 6 heteroatoms. The van der Waals surface area contributed by atoms with Gasteiger partial charge in [0.1, 0.15) is 19.5 Å². The number of aldehydes is 1. The van der Waals surface area contributed by atoms with Gasteiger partial charge in [0.2, 0.25) is 0 Å². The fourth-order valence-corrected chi connectivity index (χ4v) is 3.12. The summed E-state index contributed by atoms with van der Waals surface area (Å²) in [4.78, 5) is 33.9. The van der Waals surface area contributed by atoms with Crippen molar-refractivity contribution in [2.24, 2.45) is 23.7 Å². The quantitative estimate of drug-likeness (QED) is 0.570. The van der Waals surface area contributed by atoms with Gasteiger partial charge in [-0.05, 0) is 24.2 Å². The molecule has 1 saturated heterocycles. The van der Waals surface area contributed by atoms with E-state index in [1.165, 1.54) is 0 Å². The first kappa shape index (κ1) is 15.8. The Hall–Kier alpha value is -1.59. The number of cyclic esters (lactones) is 2. The summed E-state index contributed by atoms with van der Waals surface area (Å²) in [5.41, 5.74) is 0. The van der Waals surface area contributed by atoms with Crippen LogP contribution in [-0.4, -0.2) is 37.7 Å². The number of hydrogen-bond donors (Lipinski definition) is 0. The Labute approximate surface area is 124 Å². The molecular formula is C15H22O6. The minimum Gasteiger partial charge on any atom is -0.462 e. The van der Waals surface area contributed by atoms with Gasteiger partial charge in [-0.3, -0.25) is 4.79 Å². The van der Waals surface area contributed by atoms with E-state index >= 15 is 0 Å². The molecule has 2 rings (SSSR count). The van der Waals surface area contributed by atoms with Gasteiger partial charge in [-0.1, -0.05) is 20.3 Å². The Bertz CT molecular complexity index is 407. The van der Waals surface area contributed by atoms with E-state index in [9.17, 15) is 14.4 Å². The predicted molar refractivity (Wildman–Crippen MR) is 72.4 cm³/mol. The zero-order valence-electron chi connectivity index (χ0n) is 12.4. The van der Waals surface area contributed by atoms with Gasteiger partial charge in [-0.15, -0.1) is 0 Å². The maximum Gasteiger partial charge on any atom is 0.508 e. The van der Waals surface area contributed by atoms with Crippen molar-refractivity contribution < 1.29 is 28.6 Å². The van der Waals surface area contributed by atoms with E-state index in [1.807, 2.05) is 0 Å². The van der Waals surface area contributed by atoms with Crippen LogP contribution in [0, 0.1) is 23.7 Å². The van der Waals surface area contributed by atoms with E-state index in [4.69, 9.17) is 9.47 Å². The van der Waals surface area contributed by atoms with Crippen molar-refractivity contribution in [1.82, 2.24) is 0 Å². The third kappa shape index (κ3) is 3.95. The van der Waals surface area contributed by atoms with Gasteiger partial charge in [-0.25, -0.2) is 4.79 Å². The molecule has 0 aromatic rings. The lowest BCUT2D eigenvalue weighted by Crippen LogP contribution is -2.34. The first-order valence-electron chi connectivity index (χ1n) is 7.45. The smallest absolute Gasteiger partial charge is 0.462 e. The second kappa shape index (κ2) is 6.91. The highest BCUT2D eigenvalue weighted by Crippen LogP contribution is 2.39. The number of carbonyl (C=O) groups excluding carboxylic acids is 3. The summed E-state index contributed by atoms with van der Waals surface area (Å²) in [6.45, 7) is 4.33. The minimum absolute atomic E-state index is 0.00893. The van der Waals surface area contributed by atoms with Crippen molar-refractivity contribution in [1.29, 1.82) is 0 Å². The molecule has 6 nitrogen and oxygen atoms in total. The van der Waals surface area contributed by atoms with Crippen molar-refractivity contribution >= 4 is 18.4 Å². The maximum atomic E-state index is 11.9. The molecule has 1 saturated carbocycles. The lowest BCUT2D eigenvalue weighted by atomic mass is 9.67. The van der Waals surface area contributed by atoms with Crippen LogP contribution in [-0.2, 0) is 23.8 Å². The summed E-state index contributed by atoms with van der Waals surface area (Å²) >= 11 is 0. The van der Waals surface area contributed by atoms with Crippen molar-refractivity contribution in [3.63, 3.8) is 0 Å². The van der Waals surface area contributed by atoms with Crippen LogP contribution in [0.15, 0.2) is 0 Å². The van der Waals surface area contributed by atoms with Crippen molar-refractivity contribution in [3.8, 4) is 0 Å². The monoisotopic (exact) mass is 298 g/mol. The van der Waals surface area contributed by atoms with Crippen LogP contribution in [0.4, 0.5) is 4.79 Å². The topological polar surface area (TPSA) is 78.9 Å². The molecule has 0 spiro atoms. The molecule has 118 valence electrons. The summed E-state index contributed by atoms with van der Waals surface area (Å²) < 4.78 is 14.5. The van der Waals surface area contributed by atoms with Crippen LogP contribution < -0.4 is 0 Å². The van der Waals surface area contributed by atoms with Crippen LogP contribution in [0.25, 0.3) is 0 Å². The van der Waals surface area contributed by atoms with E-state index in [2.05, 4.69) is 18.6 Å². The average molecular weight is 298 g/mol. The van der Waals surface area contributed by atoms with Crippen LogP contribution in [0.2, 0.25) is 0 Å². The zero-order valence-corrected chi connectivity index (χ0v) is 12.4. The summed E-state index contributed by atoms with van der Waals surface area (Å²) in [5, 5.41) is 0. The van der Waals surface area contributed by atoms with Crippen LogP contribution >= 0.6 is 0 Å². The highest BCUT2D eigenvalue weighted by atomic mass is 16.8. The number of esters is 1. The Morgan fingerprint density at radius 3 is 2.76 bits per heavy atom. The molecule has 1 heterocycles. The Morgan fingerprint density at radius 2 is 2.14 bits per heavy atom. The number of carbonyl (C=O) groups is 3. The Morgan fingerprint density at radius 1 is 1.38 bits per heavy atom. The second-order valence-corrected chi connectivity index (χ2v) is 6.08. The standard InChI is InChI=1S/C15H22O6/c1-9-3-4-11(13(6-16)10(9)2)5-14(17)19-7-12-8-20-15(18)21-12/h6,9-13H,3-5,7-8H2,1-2H3. The van der Waals surface area contributed by atoms with E-state index in [0.717, 1.165) is 19.1 Å². The lowest BCUT2D eigenvalue weighted by Gasteiger charge is -2.37. The highest BCUT2D eigenvalue weighted by molar-refractivity contribution is 5.71. The molecule has 1 aliphatic carbocycles. The normalized spacial score (nSPS) is 35.7. The Balaban J connectivity index is 1.78. The largest absolute Gasteiger partial charge is 0.508 e. The Kier molecular flexibility index (Phi) is 5.20. The molecule has 2 aliphatic rings. The van der Waals surface area contributed by atoms with Gasteiger partial charge >= 0.3 is 12.1 Å². The molecule has 0 bridgehead atoms. The lowest BCUT2D eigenvalue weighted by molar-refractivity contribution is -0.148. The molecular weight excluding hydrogens is 276 g/mol. The van der Waals surface area contributed by atoms with E-state index in [0.29, 0.717) is 11.8 Å². The molecule has 0 amide bonds. The van der Waals surface area contributed by atoms with Crippen molar-refractivity contribution in [2.75, 3.05) is 13.2 Å². The maximum absolute atomic E-state index is 11.9. The summed E-state index contributed by atoms with van der Waals surface area (Å²) in [7, 11) is 0. The van der Waals surface area contributed by atoms with Crippen molar-refractivity contribution in [2.45, 2.75) is 39.2 Å². The molecule has 0 radical (unpaired) electrons. The predicted octanol–water partition coefficient (Wildman–Crippen LogP) is 1.95. The molecule has 0 aromatic carbocycles. The second-order valence-electron chi connectivity index (χ2n) is 6.08. The molecule has 21 heavy (non-hydrogen) atoms. The summed E-state index contributed by atoms with van der Waals surface area (Å²) in [6.07, 6.45) is 1.86. The zero-order chi connectivity index (χ0) is 15.4. The van der Waals surface area contributed by atoms with E-state index < -0.39 is 12.3 Å². The molecule has 5 atom stereocenters. The van der Waals surface area contributed by atoms with Crippen molar-refractivity contribution in [3.05, 3.63) is 0 Å². The third-order valence-corrected chi connectivity index (χ3v) is 4.71. The fraction of sp³-hybridized carbons (Fsp3) is 0.800. The van der Waals surface area contributed by atoms with E-state index in [1.54, 1.807) is 0 Å². The van der Waals surface area contributed by atoms with Gasteiger partial charge in [0, 0.05) is 12.3 Å². The molecule has 1 aliphatic heterocycles. The average Bonchev–Trinajstić information content (AvgIpc) is 2.87. The number of ether oxygens (including phenoxy) is 3. The molecule has 0 aromatic heterocycles. The van der Waals surface area contributed by atoms with Crippen LogP contribution in [0.5, 0.6) is 0 Å². The summed E-state index contributed by atoms with van der Waals surface area (Å²) in [5.74, 6) is 0.398.